The van der Waals surface area contributed by atoms with E-state index in [1.54, 1.807) is 0 Å². The van der Waals surface area contributed by atoms with Crippen molar-refractivity contribution in [1.29, 1.82) is 0 Å². The molecule has 2 amide bonds. The molecule has 2 rings (SSSR count). The Morgan fingerprint density at radius 2 is 2.35 bits per heavy atom. The van der Waals surface area contributed by atoms with Crippen molar-refractivity contribution in [1.82, 2.24) is 15.3 Å². The molecule has 0 spiro atoms. The lowest BCUT2D eigenvalue weighted by Gasteiger charge is -2.20. The van der Waals surface area contributed by atoms with Crippen LogP contribution in [0.25, 0.3) is 0 Å². The third-order valence-corrected chi connectivity index (χ3v) is 2.97. The normalized spacial score (nSPS) is 18.5. The topological polar surface area (TPSA) is 101 Å². The summed E-state index contributed by atoms with van der Waals surface area (Å²) in [6.07, 6.45) is 2.22. The Balaban J connectivity index is 1.97. The summed E-state index contributed by atoms with van der Waals surface area (Å²) in [4.78, 5) is 29.9. The fourth-order valence-corrected chi connectivity index (χ4v) is 2.17. The van der Waals surface area contributed by atoms with Crippen LogP contribution in [0, 0.1) is 12.8 Å². The summed E-state index contributed by atoms with van der Waals surface area (Å²) < 4.78 is 0. The Hall–Kier alpha value is -1.85. The van der Waals surface area contributed by atoms with Crippen LogP contribution in [0.15, 0.2) is 0 Å². The van der Waals surface area contributed by atoms with Crippen molar-refractivity contribution >= 4 is 11.8 Å². The number of nitrogens with zero attached hydrogens (tertiary/aromatic N) is 1. The van der Waals surface area contributed by atoms with Crippen LogP contribution in [0.3, 0.4) is 0 Å². The zero-order valence-corrected chi connectivity index (χ0v) is 9.75. The van der Waals surface area contributed by atoms with Crippen LogP contribution in [0.4, 0.5) is 0 Å². The lowest BCUT2D eigenvalue weighted by Crippen LogP contribution is -2.39. The second-order valence-electron chi connectivity index (χ2n) is 4.37. The van der Waals surface area contributed by atoms with Gasteiger partial charge in [-0.05, 0) is 19.8 Å². The molecule has 0 aliphatic heterocycles. The highest BCUT2D eigenvalue weighted by Crippen LogP contribution is 2.23. The predicted molar refractivity (Wildman–Crippen MR) is 61.0 cm³/mol. The smallest absolute Gasteiger partial charge is 0.236 e. The number of hydrogen-bond donors (Lipinski definition) is 3. The number of carbonyl (C=O) groups excluding carboxylic acids is 2. The van der Waals surface area contributed by atoms with Gasteiger partial charge in [-0.25, -0.2) is 4.98 Å². The highest BCUT2D eigenvalue weighted by molar-refractivity contribution is 5.85. The number of primary amides is 1. The van der Waals surface area contributed by atoms with Gasteiger partial charge < -0.3 is 16.0 Å². The number of fused-ring (bicyclic) bond motifs is 1. The Labute approximate surface area is 99.0 Å². The van der Waals surface area contributed by atoms with Gasteiger partial charge in [0.1, 0.15) is 5.82 Å². The van der Waals surface area contributed by atoms with Gasteiger partial charge in [-0.3, -0.25) is 9.59 Å². The minimum Gasteiger partial charge on any atom is -0.368 e. The number of nitrogens with two attached hydrogens (primary N) is 1. The van der Waals surface area contributed by atoms with Gasteiger partial charge >= 0.3 is 0 Å². The van der Waals surface area contributed by atoms with E-state index >= 15 is 0 Å². The number of imidazole rings is 1. The molecular weight excluding hydrogens is 220 g/mol. The molecule has 1 aromatic heterocycles. The molecule has 1 heterocycles. The van der Waals surface area contributed by atoms with Crippen LogP contribution in [0.1, 0.15) is 23.6 Å². The molecule has 92 valence electrons. The highest BCUT2D eigenvalue weighted by atomic mass is 16.2. The first-order chi connectivity index (χ1) is 8.06. The minimum absolute atomic E-state index is 0.0931. The van der Waals surface area contributed by atoms with Crippen LogP contribution < -0.4 is 11.1 Å². The van der Waals surface area contributed by atoms with E-state index in [1.807, 2.05) is 6.92 Å². The molecule has 4 N–H and O–H groups in total. The summed E-state index contributed by atoms with van der Waals surface area (Å²) in [7, 11) is 0. The maximum Gasteiger partial charge on any atom is 0.236 e. The Kier molecular flexibility index (Phi) is 3.12. The summed E-state index contributed by atoms with van der Waals surface area (Å²) in [6, 6.07) is 0. The number of hydrogen-bond acceptors (Lipinski definition) is 3. The number of rotatable bonds is 3. The summed E-state index contributed by atoms with van der Waals surface area (Å²) in [5, 5.41) is 2.54. The van der Waals surface area contributed by atoms with E-state index in [0.717, 1.165) is 30.1 Å². The summed E-state index contributed by atoms with van der Waals surface area (Å²) in [5.74, 6) is 0.156. The Morgan fingerprint density at radius 3 is 3.06 bits per heavy atom. The van der Waals surface area contributed by atoms with E-state index in [-0.39, 0.29) is 18.4 Å². The molecule has 1 aliphatic rings. The molecule has 1 aromatic rings. The first kappa shape index (κ1) is 11.6. The van der Waals surface area contributed by atoms with Crippen molar-refractivity contribution in [2.45, 2.75) is 26.2 Å². The summed E-state index contributed by atoms with van der Waals surface area (Å²) in [5.41, 5.74) is 7.07. The number of amides is 2. The average Bonchev–Trinajstić information content (AvgIpc) is 2.64. The van der Waals surface area contributed by atoms with Gasteiger partial charge in [0.2, 0.25) is 11.8 Å². The van der Waals surface area contributed by atoms with E-state index in [2.05, 4.69) is 15.3 Å². The van der Waals surface area contributed by atoms with E-state index < -0.39 is 5.91 Å². The second-order valence-corrected chi connectivity index (χ2v) is 4.37. The summed E-state index contributed by atoms with van der Waals surface area (Å²) in [6.45, 7) is 1.81. The minimum atomic E-state index is -0.521. The first-order valence-corrected chi connectivity index (χ1v) is 5.66. The fraction of sp³-hybridized carbons (Fsp3) is 0.545. The standard InChI is InChI=1S/C11H16N4O2/c1-6-14-8-3-2-7(4-9(8)15-6)11(17)13-5-10(12)16/h7H,2-5H2,1H3,(H2,12,16)(H,13,17)(H,14,15). The fourth-order valence-electron chi connectivity index (χ4n) is 2.17. The van der Waals surface area contributed by atoms with Gasteiger partial charge in [-0.1, -0.05) is 0 Å². The van der Waals surface area contributed by atoms with Gasteiger partial charge in [0.05, 0.1) is 12.2 Å². The lowest BCUT2D eigenvalue weighted by atomic mass is 9.89. The molecule has 1 atom stereocenters. The van der Waals surface area contributed by atoms with Crippen LogP contribution in [-0.2, 0) is 22.4 Å². The van der Waals surface area contributed by atoms with Gasteiger partial charge in [0, 0.05) is 18.0 Å². The zero-order valence-electron chi connectivity index (χ0n) is 9.75. The van der Waals surface area contributed by atoms with Gasteiger partial charge in [0.15, 0.2) is 0 Å². The molecule has 1 unspecified atom stereocenters. The van der Waals surface area contributed by atoms with Crippen LogP contribution in [0.2, 0.25) is 0 Å². The zero-order chi connectivity index (χ0) is 12.4. The van der Waals surface area contributed by atoms with Crippen molar-refractivity contribution in [3.8, 4) is 0 Å². The van der Waals surface area contributed by atoms with Gasteiger partial charge in [0.25, 0.3) is 0 Å². The van der Waals surface area contributed by atoms with E-state index in [0.29, 0.717) is 6.42 Å². The molecule has 0 saturated heterocycles. The third kappa shape index (κ3) is 2.64. The van der Waals surface area contributed by atoms with Crippen molar-refractivity contribution in [3.63, 3.8) is 0 Å². The Bertz CT molecular complexity index is 452. The first-order valence-electron chi connectivity index (χ1n) is 5.66. The van der Waals surface area contributed by atoms with Crippen molar-refractivity contribution < 1.29 is 9.59 Å². The molecule has 0 radical (unpaired) electrons. The van der Waals surface area contributed by atoms with Gasteiger partial charge in [-0.15, -0.1) is 0 Å². The number of carbonyl (C=O) groups is 2. The molecule has 0 fully saturated rings. The second kappa shape index (κ2) is 4.57. The summed E-state index contributed by atoms with van der Waals surface area (Å²) >= 11 is 0. The van der Waals surface area contributed by atoms with E-state index in [4.69, 9.17) is 5.73 Å². The Morgan fingerprint density at radius 1 is 1.59 bits per heavy atom. The van der Waals surface area contributed by atoms with Crippen LogP contribution in [0.5, 0.6) is 0 Å². The molecule has 6 heteroatoms. The predicted octanol–water partition coefficient (Wildman–Crippen LogP) is -0.575. The molecule has 17 heavy (non-hydrogen) atoms. The molecule has 6 nitrogen and oxygen atoms in total. The molecule has 0 bridgehead atoms. The average molecular weight is 236 g/mol. The lowest BCUT2D eigenvalue weighted by molar-refractivity contribution is -0.128. The van der Waals surface area contributed by atoms with Crippen molar-refractivity contribution in [3.05, 3.63) is 17.2 Å². The maximum atomic E-state index is 11.8. The molecule has 1 aliphatic carbocycles. The number of aryl methyl sites for hydroxylation is 2. The number of aromatic amines is 1. The molecular formula is C11H16N4O2. The largest absolute Gasteiger partial charge is 0.368 e. The van der Waals surface area contributed by atoms with E-state index in [1.165, 1.54) is 0 Å². The van der Waals surface area contributed by atoms with Crippen molar-refractivity contribution in [2.75, 3.05) is 6.54 Å². The van der Waals surface area contributed by atoms with Crippen LogP contribution >= 0.6 is 0 Å². The number of H-pyrrole nitrogens is 1. The monoisotopic (exact) mass is 236 g/mol. The molecule has 0 aromatic carbocycles. The molecule has 0 saturated carbocycles. The third-order valence-electron chi connectivity index (χ3n) is 2.97. The highest BCUT2D eigenvalue weighted by Gasteiger charge is 2.26. The maximum absolute atomic E-state index is 11.8. The van der Waals surface area contributed by atoms with Crippen LogP contribution in [-0.4, -0.2) is 28.3 Å². The van der Waals surface area contributed by atoms with E-state index in [9.17, 15) is 9.59 Å². The van der Waals surface area contributed by atoms with Gasteiger partial charge in [-0.2, -0.15) is 0 Å². The van der Waals surface area contributed by atoms with Crippen molar-refractivity contribution in [2.24, 2.45) is 11.7 Å². The quantitative estimate of drug-likeness (QED) is 0.654. The number of nitrogens with one attached hydrogen (secondary N) is 2. The SMILES string of the molecule is Cc1nc2c([nH]1)CC(C(=O)NCC(N)=O)CC2. The number of aromatic nitrogens is 2.